The summed E-state index contributed by atoms with van der Waals surface area (Å²) in [6, 6.07) is 12.6. The predicted molar refractivity (Wildman–Crippen MR) is 85.1 cm³/mol. The maximum Gasteiger partial charge on any atom is 0.0889 e. The molecule has 2 aromatic heterocycles. The molecule has 0 spiro atoms. The van der Waals surface area contributed by atoms with Gasteiger partial charge in [0.1, 0.15) is 0 Å². The molecule has 1 saturated heterocycles. The van der Waals surface area contributed by atoms with E-state index in [9.17, 15) is 0 Å². The number of pyridine rings is 1. The van der Waals surface area contributed by atoms with Crippen molar-refractivity contribution in [2.45, 2.75) is 18.9 Å². The van der Waals surface area contributed by atoms with Gasteiger partial charge < -0.3 is 0 Å². The van der Waals surface area contributed by atoms with Gasteiger partial charge in [-0.15, -0.1) is 0 Å². The van der Waals surface area contributed by atoms with Crippen LogP contribution in [0.3, 0.4) is 0 Å². The van der Waals surface area contributed by atoms with Crippen LogP contribution < -0.4 is 10.9 Å². The van der Waals surface area contributed by atoms with Crippen LogP contribution >= 0.6 is 0 Å². The summed E-state index contributed by atoms with van der Waals surface area (Å²) in [5.74, 6) is 0.320. The largest absolute Gasteiger partial charge is 0.257 e. The van der Waals surface area contributed by atoms with Crippen molar-refractivity contribution in [1.29, 1.82) is 0 Å². The summed E-state index contributed by atoms with van der Waals surface area (Å²) in [4.78, 5) is 13.4. The summed E-state index contributed by atoms with van der Waals surface area (Å²) >= 11 is 0. The van der Waals surface area contributed by atoms with Crippen molar-refractivity contribution < 1.29 is 0 Å². The molecule has 3 heterocycles. The Bertz CT molecular complexity index is 817. The molecule has 0 bridgehead atoms. The monoisotopic (exact) mass is 291 g/mol. The highest BCUT2D eigenvalue weighted by Gasteiger charge is 2.30. The molecule has 0 radical (unpaired) electrons. The average molecular weight is 291 g/mol. The fourth-order valence-electron chi connectivity index (χ4n) is 3.04. The summed E-state index contributed by atoms with van der Waals surface area (Å²) < 4.78 is 0. The van der Waals surface area contributed by atoms with Crippen molar-refractivity contribution in [3.63, 3.8) is 0 Å². The molecule has 5 nitrogen and oxygen atoms in total. The van der Waals surface area contributed by atoms with E-state index in [0.29, 0.717) is 5.92 Å². The highest BCUT2D eigenvalue weighted by Crippen LogP contribution is 2.33. The SMILES string of the molecule is Cc1cccc(C2NNCC2c2ccc3nccnc3c2)n1. The van der Waals surface area contributed by atoms with E-state index >= 15 is 0 Å². The quantitative estimate of drug-likeness (QED) is 0.758. The molecule has 5 heteroatoms. The van der Waals surface area contributed by atoms with Crippen molar-refractivity contribution in [3.05, 3.63) is 65.7 Å². The number of hydrogen-bond donors (Lipinski definition) is 2. The van der Waals surface area contributed by atoms with Crippen LogP contribution in [0, 0.1) is 6.92 Å². The fraction of sp³-hybridized carbons (Fsp3) is 0.235. The van der Waals surface area contributed by atoms with E-state index in [4.69, 9.17) is 0 Å². The van der Waals surface area contributed by atoms with Gasteiger partial charge >= 0.3 is 0 Å². The van der Waals surface area contributed by atoms with Crippen molar-refractivity contribution in [2.24, 2.45) is 0 Å². The Balaban J connectivity index is 1.73. The van der Waals surface area contributed by atoms with Gasteiger partial charge in [0.25, 0.3) is 0 Å². The molecule has 22 heavy (non-hydrogen) atoms. The molecule has 110 valence electrons. The second-order valence-electron chi connectivity index (χ2n) is 5.62. The molecule has 1 aromatic carbocycles. The first-order valence-electron chi connectivity index (χ1n) is 7.44. The first-order chi connectivity index (χ1) is 10.8. The lowest BCUT2D eigenvalue weighted by atomic mass is 9.90. The Morgan fingerprint density at radius 2 is 1.91 bits per heavy atom. The zero-order valence-electron chi connectivity index (χ0n) is 12.3. The maximum absolute atomic E-state index is 4.66. The molecule has 4 rings (SSSR count). The number of nitrogens with one attached hydrogen (secondary N) is 2. The smallest absolute Gasteiger partial charge is 0.0889 e. The molecule has 1 fully saturated rings. The number of rotatable bonds is 2. The molecule has 2 atom stereocenters. The molecule has 1 aliphatic rings. The number of nitrogens with zero attached hydrogens (tertiary/aromatic N) is 3. The van der Waals surface area contributed by atoms with Crippen LogP contribution in [0.25, 0.3) is 11.0 Å². The van der Waals surface area contributed by atoms with E-state index < -0.39 is 0 Å². The van der Waals surface area contributed by atoms with Crippen molar-refractivity contribution >= 4 is 11.0 Å². The Morgan fingerprint density at radius 3 is 2.77 bits per heavy atom. The summed E-state index contributed by atoms with van der Waals surface area (Å²) in [7, 11) is 0. The minimum atomic E-state index is 0.161. The second-order valence-corrected chi connectivity index (χ2v) is 5.62. The fourth-order valence-corrected chi connectivity index (χ4v) is 3.04. The van der Waals surface area contributed by atoms with Gasteiger partial charge in [-0.2, -0.15) is 0 Å². The number of hydrogen-bond acceptors (Lipinski definition) is 5. The molecule has 2 unspecified atom stereocenters. The van der Waals surface area contributed by atoms with E-state index in [1.54, 1.807) is 12.4 Å². The van der Waals surface area contributed by atoms with Crippen molar-refractivity contribution in [3.8, 4) is 0 Å². The molecule has 3 aromatic rings. The third-order valence-electron chi connectivity index (χ3n) is 4.13. The van der Waals surface area contributed by atoms with E-state index in [2.05, 4.69) is 50.1 Å². The van der Waals surface area contributed by atoms with Crippen LogP contribution in [0.4, 0.5) is 0 Å². The van der Waals surface area contributed by atoms with Gasteiger partial charge in [-0.3, -0.25) is 20.4 Å². The van der Waals surface area contributed by atoms with Gasteiger partial charge in [0.15, 0.2) is 0 Å². The molecular weight excluding hydrogens is 274 g/mol. The van der Waals surface area contributed by atoms with Crippen LogP contribution in [0.5, 0.6) is 0 Å². The van der Waals surface area contributed by atoms with Gasteiger partial charge in [-0.25, -0.2) is 5.43 Å². The molecule has 1 aliphatic heterocycles. The van der Waals surface area contributed by atoms with Gasteiger partial charge in [0, 0.05) is 30.6 Å². The third-order valence-corrected chi connectivity index (χ3v) is 4.13. The Labute approximate surface area is 128 Å². The first-order valence-corrected chi connectivity index (χ1v) is 7.44. The molecule has 0 saturated carbocycles. The zero-order chi connectivity index (χ0) is 14.9. The number of aryl methyl sites for hydroxylation is 1. The van der Waals surface area contributed by atoms with Gasteiger partial charge in [0.2, 0.25) is 0 Å². The summed E-state index contributed by atoms with van der Waals surface area (Å²) in [5, 5.41) is 0. The minimum Gasteiger partial charge on any atom is -0.257 e. The minimum absolute atomic E-state index is 0.161. The second kappa shape index (κ2) is 5.44. The van der Waals surface area contributed by atoms with E-state index in [-0.39, 0.29) is 6.04 Å². The van der Waals surface area contributed by atoms with E-state index in [1.807, 2.05) is 19.1 Å². The van der Waals surface area contributed by atoms with Gasteiger partial charge in [0.05, 0.1) is 22.8 Å². The van der Waals surface area contributed by atoms with Crippen LogP contribution in [-0.4, -0.2) is 21.5 Å². The van der Waals surface area contributed by atoms with Crippen LogP contribution in [0.1, 0.15) is 28.9 Å². The number of hydrazine groups is 1. The lowest BCUT2D eigenvalue weighted by Crippen LogP contribution is -2.25. The van der Waals surface area contributed by atoms with Crippen molar-refractivity contribution in [2.75, 3.05) is 6.54 Å². The Morgan fingerprint density at radius 1 is 1.05 bits per heavy atom. The Kier molecular flexibility index (Phi) is 3.29. The Hall–Kier alpha value is -2.37. The lowest BCUT2D eigenvalue weighted by Gasteiger charge is -2.19. The van der Waals surface area contributed by atoms with Crippen LogP contribution in [-0.2, 0) is 0 Å². The van der Waals surface area contributed by atoms with E-state index in [0.717, 1.165) is 29.0 Å². The number of benzene rings is 1. The predicted octanol–water partition coefficient (Wildman–Crippen LogP) is 2.27. The number of aromatic nitrogens is 3. The normalized spacial score (nSPS) is 21.3. The molecule has 0 aliphatic carbocycles. The van der Waals surface area contributed by atoms with Crippen LogP contribution in [0.15, 0.2) is 48.8 Å². The summed E-state index contributed by atoms with van der Waals surface area (Å²) in [6.45, 7) is 2.89. The van der Waals surface area contributed by atoms with Crippen LogP contribution in [0.2, 0.25) is 0 Å². The number of fused-ring (bicyclic) bond motifs is 1. The lowest BCUT2D eigenvalue weighted by molar-refractivity contribution is 0.540. The standard InChI is InChI=1S/C17H17N5/c1-11-3-2-4-15(21-11)17-13(10-20-22-17)12-5-6-14-16(9-12)19-8-7-18-14/h2-9,13,17,20,22H,10H2,1H3. The van der Waals surface area contributed by atoms with E-state index in [1.165, 1.54) is 5.56 Å². The molecule has 2 N–H and O–H groups in total. The maximum atomic E-state index is 4.66. The third kappa shape index (κ3) is 2.34. The highest BCUT2D eigenvalue weighted by atomic mass is 15.4. The zero-order valence-corrected chi connectivity index (χ0v) is 12.3. The average Bonchev–Trinajstić information content (AvgIpc) is 3.04. The van der Waals surface area contributed by atoms with Gasteiger partial charge in [-0.1, -0.05) is 12.1 Å². The first kappa shape index (κ1) is 13.3. The van der Waals surface area contributed by atoms with Gasteiger partial charge in [-0.05, 0) is 36.8 Å². The van der Waals surface area contributed by atoms with Crippen molar-refractivity contribution in [1.82, 2.24) is 25.8 Å². The highest BCUT2D eigenvalue weighted by molar-refractivity contribution is 5.74. The molecule has 0 amide bonds. The summed E-state index contributed by atoms with van der Waals surface area (Å²) in [5.41, 5.74) is 11.8. The molecular formula is C17H17N5. The summed E-state index contributed by atoms with van der Waals surface area (Å²) in [6.07, 6.45) is 3.46. The topological polar surface area (TPSA) is 62.7 Å².